The molecule has 12 heteroatoms. The molecule has 0 atom stereocenters. The molecule has 0 amide bonds. The molecule has 2 heterocycles. The maximum absolute atomic E-state index is 13.9. The first-order valence-corrected chi connectivity index (χ1v) is 13.0. The highest BCUT2D eigenvalue weighted by Crippen LogP contribution is 2.29. The minimum absolute atomic E-state index is 0.0589. The lowest BCUT2D eigenvalue weighted by Crippen LogP contribution is -2.40. The van der Waals surface area contributed by atoms with Crippen LogP contribution in [-0.2, 0) is 29.4 Å². The van der Waals surface area contributed by atoms with Gasteiger partial charge in [-0.25, -0.2) is 18.1 Å². The summed E-state index contributed by atoms with van der Waals surface area (Å²) in [5, 5.41) is 0. The lowest BCUT2D eigenvalue weighted by Gasteiger charge is -2.20. The summed E-state index contributed by atoms with van der Waals surface area (Å²) in [7, 11) is -3.57. The zero-order chi connectivity index (χ0) is 24.1. The summed E-state index contributed by atoms with van der Waals surface area (Å²) in [4.78, 5) is 24.2. The number of hydrogen-bond donors (Lipinski definition) is 2. The van der Waals surface area contributed by atoms with E-state index in [0.29, 0.717) is 18.7 Å². The predicted molar refractivity (Wildman–Crippen MR) is 131 cm³/mol. The number of nitrogens with zero attached hydrogens (tertiary/aromatic N) is 4. The third-order valence-corrected chi connectivity index (χ3v) is 8.85. The quantitative estimate of drug-likeness (QED) is 0.335. The highest BCUT2D eigenvalue weighted by molar-refractivity contribution is 14.1. The Morgan fingerprint density at radius 1 is 1.21 bits per heavy atom. The highest BCUT2D eigenvalue weighted by Gasteiger charge is 2.29. The minimum Gasteiger partial charge on any atom is -0.382 e. The zero-order valence-electron chi connectivity index (χ0n) is 18.4. The number of aryl methyl sites for hydroxylation is 1. The number of imidazole rings is 1. The molecule has 9 nitrogen and oxygen atoms in total. The largest absolute Gasteiger partial charge is 0.382 e. The van der Waals surface area contributed by atoms with E-state index in [2.05, 4.69) is 42.3 Å². The summed E-state index contributed by atoms with van der Waals surface area (Å²) in [6.07, 6.45) is 0.595. The number of halogens is 2. The number of carbonyl (C=O) groups excluding carboxylic acids is 1. The summed E-state index contributed by atoms with van der Waals surface area (Å²) in [5.74, 6) is 0.548. The van der Waals surface area contributed by atoms with Gasteiger partial charge in [0.2, 0.25) is 10.0 Å². The summed E-state index contributed by atoms with van der Waals surface area (Å²) >= 11 is 2.23. The average Bonchev–Trinajstić information content (AvgIpc) is 3.22. The molecule has 0 spiro atoms. The van der Waals surface area contributed by atoms with Gasteiger partial charge in [-0.05, 0) is 73.0 Å². The third kappa shape index (κ3) is 4.60. The zero-order valence-corrected chi connectivity index (χ0v) is 21.4. The summed E-state index contributed by atoms with van der Waals surface area (Å²) in [6.45, 7) is 5.04. The van der Waals surface area contributed by atoms with Gasteiger partial charge in [-0.2, -0.15) is 14.4 Å². The molecule has 0 aliphatic heterocycles. The average molecular weight is 586 g/mol. The maximum Gasteiger partial charge on any atom is 0.312 e. The van der Waals surface area contributed by atoms with Crippen molar-refractivity contribution in [2.75, 3.05) is 12.3 Å². The first-order chi connectivity index (χ1) is 15.4. The first-order valence-electron chi connectivity index (χ1n) is 10.4. The minimum atomic E-state index is -3.57. The molecule has 0 unspecified atom stereocenters. The van der Waals surface area contributed by atoms with Crippen LogP contribution in [0.5, 0.6) is 0 Å². The molecule has 0 saturated heterocycles. The van der Waals surface area contributed by atoms with Crippen LogP contribution in [0.15, 0.2) is 12.1 Å². The molecular weight excluding hydrogens is 562 g/mol. The lowest BCUT2D eigenvalue weighted by molar-refractivity contribution is 0.0994. The van der Waals surface area contributed by atoms with E-state index in [9.17, 15) is 17.6 Å². The second kappa shape index (κ2) is 8.55. The Morgan fingerprint density at radius 3 is 2.64 bits per heavy atom. The molecule has 1 aliphatic rings. The van der Waals surface area contributed by atoms with Crippen LogP contribution in [0, 0.1) is 9.65 Å². The van der Waals surface area contributed by atoms with Crippen LogP contribution in [0.4, 0.5) is 10.2 Å². The summed E-state index contributed by atoms with van der Waals surface area (Å²) in [5.41, 5.74) is 8.97. The molecule has 1 aromatic carbocycles. The van der Waals surface area contributed by atoms with Gasteiger partial charge in [0.1, 0.15) is 5.82 Å². The molecule has 0 saturated carbocycles. The molecule has 176 valence electrons. The van der Waals surface area contributed by atoms with E-state index in [4.69, 9.17) is 5.73 Å². The van der Waals surface area contributed by atoms with E-state index in [1.165, 1.54) is 0 Å². The number of sulfonamides is 1. The third-order valence-electron chi connectivity index (χ3n) is 5.65. The van der Waals surface area contributed by atoms with Crippen LogP contribution in [0.3, 0.4) is 0 Å². The number of aromatic nitrogens is 4. The Labute approximate surface area is 204 Å². The highest BCUT2D eigenvalue weighted by atomic mass is 127. The van der Waals surface area contributed by atoms with Crippen molar-refractivity contribution in [3.63, 3.8) is 0 Å². The van der Waals surface area contributed by atoms with Crippen molar-refractivity contribution in [2.24, 2.45) is 0 Å². The Morgan fingerprint density at radius 2 is 1.94 bits per heavy atom. The maximum atomic E-state index is 13.9. The molecule has 0 radical (unpaired) electrons. The van der Waals surface area contributed by atoms with Crippen molar-refractivity contribution in [2.45, 2.75) is 51.3 Å². The van der Waals surface area contributed by atoms with Gasteiger partial charge in [0.25, 0.3) is 0 Å². The van der Waals surface area contributed by atoms with E-state index < -0.39 is 20.8 Å². The number of benzene rings is 1. The van der Waals surface area contributed by atoms with E-state index in [0.717, 1.165) is 26.7 Å². The van der Waals surface area contributed by atoms with Gasteiger partial charge in [0.15, 0.2) is 22.8 Å². The Kier molecular flexibility index (Phi) is 6.20. The van der Waals surface area contributed by atoms with Gasteiger partial charge in [-0.3, -0.25) is 4.79 Å². The number of carbonyl (C=O) groups is 1. The predicted octanol–water partition coefficient (Wildman–Crippen LogP) is 2.59. The summed E-state index contributed by atoms with van der Waals surface area (Å²) in [6, 6.07) is 3.89. The molecule has 0 bridgehead atoms. The number of ketones is 1. The van der Waals surface area contributed by atoms with Gasteiger partial charge < -0.3 is 10.3 Å². The van der Waals surface area contributed by atoms with Crippen molar-refractivity contribution in [1.29, 1.82) is 0 Å². The topological polar surface area (TPSA) is 133 Å². The molecular formula is C21H24FIN6O3S. The Balaban J connectivity index is 1.72. The fourth-order valence-corrected chi connectivity index (χ4v) is 5.25. The molecule has 0 fully saturated rings. The molecule has 2 aromatic heterocycles. The smallest absolute Gasteiger partial charge is 0.312 e. The number of hydrogen-bond acceptors (Lipinski definition) is 7. The fraction of sp³-hybridized carbons (Fsp3) is 0.429. The molecule has 1 aliphatic carbocycles. The van der Waals surface area contributed by atoms with Gasteiger partial charge in [0, 0.05) is 35.1 Å². The van der Waals surface area contributed by atoms with Crippen LogP contribution in [-0.4, -0.2) is 45.0 Å². The SMILES string of the molecule is CC(C)(C)S(=O)(=O)NCCn1c(Cc2cc3c(cc2I)CCC3=O)nc2c(N)nc(F)nc21. The van der Waals surface area contributed by atoms with Crippen LogP contribution >= 0.6 is 22.6 Å². The molecule has 3 N–H and O–H groups in total. The molecule has 4 rings (SSSR count). The normalized spacial score (nSPS) is 14.3. The number of rotatable bonds is 6. The van der Waals surface area contributed by atoms with Crippen molar-refractivity contribution >= 4 is 55.4 Å². The first kappa shape index (κ1) is 24.0. The van der Waals surface area contributed by atoms with Crippen molar-refractivity contribution < 1.29 is 17.6 Å². The van der Waals surface area contributed by atoms with Crippen molar-refractivity contribution in [3.8, 4) is 0 Å². The van der Waals surface area contributed by atoms with E-state index in [1.807, 2.05) is 12.1 Å². The number of nitrogen functional groups attached to an aromatic ring is 1. The number of Topliss-reactive ketones (excluding diaryl/α,β-unsaturated/α-hetero) is 1. The lowest BCUT2D eigenvalue weighted by atomic mass is 10.0. The Hall–Kier alpha value is -2.19. The molecule has 3 aromatic rings. The summed E-state index contributed by atoms with van der Waals surface area (Å²) < 4.78 is 43.1. The number of nitrogens with one attached hydrogen (secondary N) is 1. The standard InChI is InChI=1S/C21H24FIN6O3S/c1-21(2,3)33(31,32)25-6-7-29-16(26-17-18(24)27-20(22)28-19(17)29)10-12-8-13-11(9-14(12)23)4-5-15(13)30/h8-9,25H,4-7,10H2,1-3H3,(H2,24,27,28). The second-order valence-corrected chi connectivity index (χ2v) is 12.6. The Bertz CT molecular complexity index is 1380. The van der Waals surface area contributed by atoms with Gasteiger partial charge >= 0.3 is 6.08 Å². The van der Waals surface area contributed by atoms with Crippen molar-refractivity contribution in [1.82, 2.24) is 24.2 Å². The monoisotopic (exact) mass is 586 g/mol. The van der Waals surface area contributed by atoms with E-state index in [1.54, 1.807) is 25.3 Å². The van der Waals surface area contributed by atoms with Gasteiger partial charge in [0.05, 0.1) is 4.75 Å². The van der Waals surface area contributed by atoms with E-state index >= 15 is 0 Å². The van der Waals surface area contributed by atoms with Crippen LogP contribution in [0.1, 0.15) is 54.5 Å². The van der Waals surface area contributed by atoms with Crippen LogP contribution < -0.4 is 10.5 Å². The fourth-order valence-electron chi connectivity index (χ4n) is 3.73. The van der Waals surface area contributed by atoms with Gasteiger partial charge in [-0.1, -0.05) is 0 Å². The van der Waals surface area contributed by atoms with E-state index in [-0.39, 0.29) is 35.9 Å². The second-order valence-electron chi connectivity index (χ2n) is 8.94. The number of fused-ring (bicyclic) bond motifs is 2. The number of anilines is 1. The van der Waals surface area contributed by atoms with Crippen LogP contribution in [0.25, 0.3) is 11.2 Å². The van der Waals surface area contributed by atoms with Crippen molar-refractivity contribution in [3.05, 3.63) is 44.3 Å². The van der Waals surface area contributed by atoms with Crippen LogP contribution in [0.2, 0.25) is 0 Å². The van der Waals surface area contributed by atoms with Gasteiger partial charge in [-0.15, -0.1) is 0 Å². The number of nitrogens with two attached hydrogens (primary N) is 1. The molecule has 33 heavy (non-hydrogen) atoms.